The molecule has 4 nitrogen and oxygen atoms in total. The first-order valence-corrected chi connectivity index (χ1v) is 7.86. The molecule has 0 bridgehead atoms. The zero-order valence-electron chi connectivity index (χ0n) is 11.9. The molecule has 3 rings (SSSR count). The minimum Gasteiger partial charge on any atom is -0.376 e. The largest absolute Gasteiger partial charge is 0.376 e. The Labute approximate surface area is 115 Å². The number of hydrogen-bond donors (Lipinski definition) is 2. The van der Waals surface area contributed by atoms with Crippen molar-refractivity contribution >= 4 is 5.91 Å². The lowest BCUT2D eigenvalue weighted by Gasteiger charge is -2.38. The highest BCUT2D eigenvalue weighted by atomic mass is 16.5. The van der Waals surface area contributed by atoms with E-state index in [-0.39, 0.29) is 23.5 Å². The summed E-state index contributed by atoms with van der Waals surface area (Å²) >= 11 is 0. The Kier molecular flexibility index (Phi) is 3.81. The van der Waals surface area contributed by atoms with E-state index in [2.05, 4.69) is 17.6 Å². The van der Waals surface area contributed by atoms with Crippen molar-refractivity contribution in [2.45, 2.75) is 57.6 Å². The van der Waals surface area contributed by atoms with Crippen LogP contribution >= 0.6 is 0 Å². The number of nitrogens with one attached hydrogen (secondary N) is 2. The van der Waals surface area contributed by atoms with Gasteiger partial charge in [-0.15, -0.1) is 0 Å². The van der Waals surface area contributed by atoms with Crippen LogP contribution in [0.4, 0.5) is 0 Å². The van der Waals surface area contributed by atoms with Crippen LogP contribution in [0.1, 0.15) is 45.4 Å². The molecule has 0 spiro atoms. The Hall–Kier alpha value is -0.610. The quantitative estimate of drug-likeness (QED) is 0.813. The normalized spacial score (nSPS) is 39.8. The summed E-state index contributed by atoms with van der Waals surface area (Å²) < 4.78 is 5.68. The summed E-state index contributed by atoms with van der Waals surface area (Å²) in [5.74, 6) is 0.808. The molecule has 2 unspecified atom stereocenters. The van der Waals surface area contributed by atoms with Crippen LogP contribution in [0.2, 0.25) is 0 Å². The molecule has 2 aliphatic heterocycles. The predicted octanol–water partition coefficient (Wildman–Crippen LogP) is 1.45. The molecule has 1 saturated carbocycles. The third kappa shape index (κ3) is 2.40. The summed E-state index contributed by atoms with van der Waals surface area (Å²) in [5.41, 5.74) is -0.134. The van der Waals surface area contributed by atoms with Crippen LogP contribution in [0.15, 0.2) is 0 Å². The second-order valence-electron chi connectivity index (χ2n) is 6.54. The van der Waals surface area contributed by atoms with Crippen LogP contribution in [-0.2, 0) is 9.53 Å². The van der Waals surface area contributed by atoms with Crippen molar-refractivity contribution in [1.82, 2.24) is 10.6 Å². The van der Waals surface area contributed by atoms with Gasteiger partial charge in [-0.3, -0.25) is 4.79 Å². The molecule has 3 aliphatic rings. The molecule has 0 aromatic rings. The van der Waals surface area contributed by atoms with E-state index >= 15 is 0 Å². The average Bonchev–Trinajstić information content (AvgIpc) is 3.08. The third-order valence-electron chi connectivity index (χ3n) is 5.37. The lowest BCUT2D eigenvalue weighted by atomic mass is 9.67. The van der Waals surface area contributed by atoms with Gasteiger partial charge >= 0.3 is 0 Å². The van der Waals surface area contributed by atoms with Crippen LogP contribution in [0, 0.1) is 11.3 Å². The Morgan fingerprint density at radius 3 is 3.05 bits per heavy atom. The van der Waals surface area contributed by atoms with E-state index in [0.717, 1.165) is 39.0 Å². The Bertz CT molecular complexity index is 341. The van der Waals surface area contributed by atoms with Gasteiger partial charge in [-0.25, -0.2) is 0 Å². The second-order valence-corrected chi connectivity index (χ2v) is 6.54. The van der Waals surface area contributed by atoms with Crippen LogP contribution < -0.4 is 10.6 Å². The van der Waals surface area contributed by atoms with Crippen molar-refractivity contribution in [2.75, 3.05) is 19.7 Å². The molecule has 4 atom stereocenters. The molecule has 0 aromatic heterocycles. The summed E-state index contributed by atoms with van der Waals surface area (Å²) in [7, 11) is 0. The van der Waals surface area contributed by atoms with Crippen molar-refractivity contribution in [3.63, 3.8) is 0 Å². The van der Waals surface area contributed by atoms with Crippen molar-refractivity contribution in [1.29, 1.82) is 0 Å². The maximum Gasteiger partial charge on any atom is 0.228 e. The number of hydrogen-bond acceptors (Lipinski definition) is 3. The van der Waals surface area contributed by atoms with Crippen LogP contribution in [0.3, 0.4) is 0 Å². The third-order valence-corrected chi connectivity index (χ3v) is 5.37. The number of ether oxygens (including phenoxy) is 1. The molecule has 19 heavy (non-hydrogen) atoms. The molecule has 1 amide bonds. The van der Waals surface area contributed by atoms with Gasteiger partial charge in [0.1, 0.15) is 0 Å². The van der Waals surface area contributed by atoms with E-state index in [1.54, 1.807) is 0 Å². The molecule has 0 radical (unpaired) electrons. The summed E-state index contributed by atoms with van der Waals surface area (Å²) in [4.78, 5) is 12.8. The Morgan fingerprint density at radius 1 is 1.37 bits per heavy atom. The van der Waals surface area contributed by atoms with Crippen LogP contribution in [-0.4, -0.2) is 37.7 Å². The second kappa shape index (κ2) is 5.41. The molecule has 0 aromatic carbocycles. The summed E-state index contributed by atoms with van der Waals surface area (Å²) in [6.45, 7) is 4.81. The number of fused-ring (bicyclic) bond motifs is 1. The molecular weight excluding hydrogens is 240 g/mol. The van der Waals surface area contributed by atoms with Gasteiger partial charge in [-0.1, -0.05) is 12.8 Å². The van der Waals surface area contributed by atoms with Crippen LogP contribution in [0.25, 0.3) is 0 Å². The highest BCUT2D eigenvalue weighted by Gasteiger charge is 2.50. The number of carbonyl (C=O) groups is 1. The molecule has 108 valence electrons. The number of amides is 1. The van der Waals surface area contributed by atoms with Gasteiger partial charge in [0.15, 0.2) is 0 Å². The molecule has 2 N–H and O–H groups in total. The summed E-state index contributed by atoms with van der Waals surface area (Å²) in [5, 5.41) is 6.69. The smallest absolute Gasteiger partial charge is 0.228 e. The van der Waals surface area contributed by atoms with Gasteiger partial charge in [0.05, 0.1) is 17.6 Å². The highest BCUT2D eigenvalue weighted by molar-refractivity contribution is 5.84. The average molecular weight is 266 g/mol. The Morgan fingerprint density at radius 2 is 2.26 bits per heavy atom. The van der Waals surface area contributed by atoms with Crippen molar-refractivity contribution in [3.8, 4) is 0 Å². The van der Waals surface area contributed by atoms with E-state index in [0.29, 0.717) is 5.92 Å². The predicted molar refractivity (Wildman–Crippen MR) is 73.8 cm³/mol. The molecule has 1 aliphatic carbocycles. The van der Waals surface area contributed by atoms with Crippen molar-refractivity contribution < 1.29 is 9.53 Å². The van der Waals surface area contributed by atoms with Gasteiger partial charge in [-0.05, 0) is 45.1 Å². The highest BCUT2D eigenvalue weighted by Crippen LogP contribution is 2.44. The first-order valence-electron chi connectivity index (χ1n) is 7.86. The zero-order chi connectivity index (χ0) is 13.3. The Balaban J connectivity index is 1.65. The minimum absolute atomic E-state index is 0.134. The van der Waals surface area contributed by atoms with Gasteiger partial charge in [0, 0.05) is 13.2 Å². The topological polar surface area (TPSA) is 50.4 Å². The fraction of sp³-hybridized carbons (Fsp3) is 0.933. The molecule has 4 heteroatoms. The van der Waals surface area contributed by atoms with Crippen molar-refractivity contribution in [3.05, 3.63) is 0 Å². The van der Waals surface area contributed by atoms with Gasteiger partial charge in [0.25, 0.3) is 0 Å². The fourth-order valence-electron chi connectivity index (χ4n) is 4.13. The fourth-order valence-corrected chi connectivity index (χ4v) is 4.13. The first-order chi connectivity index (χ1) is 9.22. The molecule has 2 heterocycles. The molecular formula is C15H26N2O2. The van der Waals surface area contributed by atoms with E-state index < -0.39 is 0 Å². The van der Waals surface area contributed by atoms with E-state index in [9.17, 15) is 4.79 Å². The van der Waals surface area contributed by atoms with Gasteiger partial charge in [0.2, 0.25) is 5.91 Å². The summed E-state index contributed by atoms with van der Waals surface area (Å²) in [6.07, 6.45) is 7.15. The van der Waals surface area contributed by atoms with Gasteiger partial charge in [-0.2, -0.15) is 0 Å². The monoisotopic (exact) mass is 266 g/mol. The van der Waals surface area contributed by atoms with E-state index in [1.807, 2.05) is 0 Å². The van der Waals surface area contributed by atoms with Crippen LogP contribution in [0.5, 0.6) is 0 Å². The minimum atomic E-state index is -0.134. The standard InChI is InChI=1S/C15H26N2O2/c1-11(13-6-4-8-19-13)17-14(18)15-7-3-2-5-12(15)9-16-10-15/h11-13,16H,2-10H2,1H3,(H,17,18)/t11?,12-,13?,15+/m0/s1. The SMILES string of the molecule is CC(NC(=O)[C@@]12CCCC[C@H]1CNC2)C1CCCO1. The number of rotatable bonds is 3. The maximum atomic E-state index is 12.8. The van der Waals surface area contributed by atoms with E-state index in [4.69, 9.17) is 4.74 Å². The molecule has 3 fully saturated rings. The van der Waals surface area contributed by atoms with Crippen molar-refractivity contribution in [2.24, 2.45) is 11.3 Å². The van der Waals surface area contributed by atoms with Gasteiger partial charge < -0.3 is 15.4 Å². The maximum absolute atomic E-state index is 12.8. The lowest BCUT2D eigenvalue weighted by molar-refractivity contribution is -0.135. The number of carbonyl (C=O) groups excluding carboxylic acids is 1. The van der Waals surface area contributed by atoms with E-state index in [1.165, 1.54) is 19.3 Å². The first kappa shape index (κ1) is 13.4. The summed E-state index contributed by atoms with van der Waals surface area (Å²) in [6, 6.07) is 0.146. The lowest BCUT2D eigenvalue weighted by Crippen LogP contribution is -2.52. The zero-order valence-corrected chi connectivity index (χ0v) is 11.9. The molecule has 2 saturated heterocycles.